The number of thioether (sulfide) groups is 1. The van der Waals surface area contributed by atoms with Crippen molar-refractivity contribution < 1.29 is 18.8 Å². The van der Waals surface area contributed by atoms with E-state index in [4.69, 9.17) is 0 Å². The van der Waals surface area contributed by atoms with Gasteiger partial charge in [-0.1, -0.05) is 24.6 Å². The summed E-state index contributed by atoms with van der Waals surface area (Å²) < 4.78 is 14.9. The Kier molecular flexibility index (Phi) is 6.70. The molecule has 3 aliphatic heterocycles. The van der Waals surface area contributed by atoms with E-state index in [0.717, 1.165) is 35.7 Å². The molecule has 8 heteroatoms. The highest BCUT2D eigenvalue weighted by molar-refractivity contribution is 7.98. The lowest BCUT2D eigenvalue weighted by molar-refractivity contribution is -0.136. The van der Waals surface area contributed by atoms with Crippen molar-refractivity contribution in [3.63, 3.8) is 0 Å². The lowest BCUT2D eigenvalue weighted by Crippen LogP contribution is -2.52. The number of nitrogens with one attached hydrogen (secondary N) is 1. The van der Waals surface area contributed by atoms with Gasteiger partial charge in [0.25, 0.3) is 5.91 Å². The summed E-state index contributed by atoms with van der Waals surface area (Å²) in [6.07, 6.45) is 4.26. The number of amides is 3. The number of hydrogen-bond acceptors (Lipinski definition) is 5. The zero-order chi connectivity index (χ0) is 23.7. The zero-order valence-corrected chi connectivity index (χ0v) is 19.8. The van der Waals surface area contributed by atoms with E-state index in [2.05, 4.69) is 10.2 Å². The van der Waals surface area contributed by atoms with E-state index in [0.29, 0.717) is 29.8 Å². The summed E-state index contributed by atoms with van der Waals surface area (Å²) in [5, 5.41) is 2.33. The molecule has 0 saturated carbocycles. The number of nitrogens with zero attached hydrogens (tertiary/aromatic N) is 2. The predicted octanol–water partition coefficient (Wildman–Crippen LogP) is 3.86. The molecule has 3 aliphatic rings. The second-order valence-electron chi connectivity index (χ2n) is 9.23. The highest BCUT2D eigenvalue weighted by Gasteiger charge is 2.39. The van der Waals surface area contributed by atoms with E-state index in [9.17, 15) is 18.8 Å². The van der Waals surface area contributed by atoms with Crippen molar-refractivity contribution in [2.24, 2.45) is 0 Å². The lowest BCUT2D eigenvalue weighted by Gasteiger charge is -2.29. The first kappa shape index (κ1) is 23.1. The van der Waals surface area contributed by atoms with Crippen LogP contribution in [0.15, 0.2) is 41.3 Å². The van der Waals surface area contributed by atoms with E-state index < -0.39 is 11.9 Å². The second-order valence-corrected chi connectivity index (χ2v) is 10.3. The van der Waals surface area contributed by atoms with Gasteiger partial charge >= 0.3 is 0 Å². The maximum absolute atomic E-state index is 14.9. The third-order valence-electron chi connectivity index (χ3n) is 6.89. The summed E-state index contributed by atoms with van der Waals surface area (Å²) in [7, 11) is 0. The van der Waals surface area contributed by atoms with Crippen molar-refractivity contribution in [3.8, 4) is 0 Å². The van der Waals surface area contributed by atoms with Crippen LogP contribution < -0.4 is 5.32 Å². The zero-order valence-electron chi connectivity index (χ0n) is 19.0. The fourth-order valence-electron chi connectivity index (χ4n) is 5.03. The molecular weight excluding hydrogens is 453 g/mol. The monoisotopic (exact) mass is 481 g/mol. The number of carbonyl (C=O) groups is 3. The topological polar surface area (TPSA) is 69.7 Å². The molecule has 6 nitrogen and oxygen atoms in total. The van der Waals surface area contributed by atoms with Crippen LogP contribution in [0.5, 0.6) is 0 Å². The third kappa shape index (κ3) is 4.74. The van der Waals surface area contributed by atoms with Crippen LogP contribution in [0.4, 0.5) is 4.39 Å². The van der Waals surface area contributed by atoms with Crippen molar-refractivity contribution in [3.05, 3.63) is 64.5 Å². The molecule has 0 radical (unpaired) electrons. The Balaban J connectivity index is 1.26. The minimum absolute atomic E-state index is 0.194. The van der Waals surface area contributed by atoms with Gasteiger partial charge in [0.1, 0.15) is 11.9 Å². The number of carbonyl (C=O) groups excluding carboxylic acids is 3. The summed E-state index contributed by atoms with van der Waals surface area (Å²) in [5.74, 6) is -0.654. The number of benzene rings is 2. The average molecular weight is 482 g/mol. The predicted molar refractivity (Wildman–Crippen MR) is 128 cm³/mol. The van der Waals surface area contributed by atoms with Gasteiger partial charge in [0.2, 0.25) is 11.8 Å². The molecule has 3 amide bonds. The Morgan fingerprint density at radius 1 is 1.06 bits per heavy atom. The summed E-state index contributed by atoms with van der Waals surface area (Å²) in [6, 6.07) is 10.4. The van der Waals surface area contributed by atoms with Crippen LogP contribution in [-0.4, -0.2) is 46.7 Å². The SMILES string of the molecule is O=C1CCC(N2Cc3c(SCc4ccc(CN5CCCCC5)cc4F)cccc3C2=O)C(=O)N1. The molecule has 0 spiro atoms. The normalized spacial score (nSPS) is 21.0. The number of rotatable bonds is 6. The molecular formula is C26H28FN3O3S. The van der Waals surface area contributed by atoms with Gasteiger partial charge < -0.3 is 4.90 Å². The smallest absolute Gasteiger partial charge is 0.255 e. The molecule has 2 aromatic carbocycles. The maximum Gasteiger partial charge on any atom is 0.255 e. The van der Waals surface area contributed by atoms with Gasteiger partial charge in [-0.3, -0.25) is 24.6 Å². The highest BCUT2D eigenvalue weighted by atomic mass is 32.2. The Labute approximate surface area is 202 Å². The number of hydrogen-bond donors (Lipinski definition) is 1. The minimum Gasteiger partial charge on any atom is -0.322 e. The molecule has 1 N–H and O–H groups in total. The van der Waals surface area contributed by atoms with Crippen molar-refractivity contribution >= 4 is 29.5 Å². The first-order valence-electron chi connectivity index (χ1n) is 11.9. The molecule has 0 aromatic heterocycles. The first-order valence-corrected chi connectivity index (χ1v) is 12.9. The molecule has 178 valence electrons. The van der Waals surface area contributed by atoms with Crippen LogP contribution in [0, 0.1) is 5.82 Å². The van der Waals surface area contributed by atoms with E-state index in [1.807, 2.05) is 24.3 Å². The van der Waals surface area contributed by atoms with Crippen molar-refractivity contribution in [2.45, 2.75) is 61.9 Å². The van der Waals surface area contributed by atoms with Crippen LogP contribution in [-0.2, 0) is 28.4 Å². The van der Waals surface area contributed by atoms with E-state index in [-0.39, 0.29) is 24.1 Å². The molecule has 5 rings (SSSR count). The van der Waals surface area contributed by atoms with Crippen LogP contribution in [0.2, 0.25) is 0 Å². The van der Waals surface area contributed by atoms with Gasteiger partial charge in [-0.25, -0.2) is 4.39 Å². The van der Waals surface area contributed by atoms with Gasteiger partial charge in [0.15, 0.2) is 0 Å². The molecule has 0 bridgehead atoms. The molecule has 1 atom stereocenters. The number of likely N-dealkylation sites (tertiary alicyclic amines) is 1. The second kappa shape index (κ2) is 9.88. The Morgan fingerprint density at radius 2 is 1.88 bits per heavy atom. The van der Waals surface area contributed by atoms with Gasteiger partial charge in [0.05, 0.1) is 0 Å². The number of fused-ring (bicyclic) bond motifs is 1. The van der Waals surface area contributed by atoms with Crippen LogP contribution in [0.25, 0.3) is 0 Å². The van der Waals surface area contributed by atoms with Gasteiger partial charge in [-0.05, 0) is 67.2 Å². The van der Waals surface area contributed by atoms with Crippen molar-refractivity contribution in [1.82, 2.24) is 15.1 Å². The van der Waals surface area contributed by atoms with Gasteiger partial charge in [0, 0.05) is 35.7 Å². The standard InChI is InChI=1S/C26H28FN3O3S/c27-21-13-17(14-29-11-2-1-3-12-29)7-8-18(21)16-34-23-6-4-5-19-20(23)15-30(26(19)33)22-9-10-24(31)28-25(22)32/h4-8,13,22H,1-3,9-12,14-16H2,(H,28,31,32). The van der Waals surface area contributed by atoms with E-state index in [1.54, 1.807) is 17.0 Å². The average Bonchev–Trinajstić information content (AvgIpc) is 3.16. The molecule has 2 aromatic rings. The van der Waals surface area contributed by atoms with Crippen molar-refractivity contribution in [1.29, 1.82) is 0 Å². The maximum atomic E-state index is 14.9. The number of halogens is 1. The molecule has 1 unspecified atom stereocenters. The van der Waals surface area contributed by atoms with E-state index >= 15 is 0 Å². The molecule has 34 heavy (non-hydrogen) atoms. The summed E-state index contributed by atoms with van der Waals surface area (Å²) in [4.78, 5) is 41.6. The van der Waals surface area contributed by atoms with Gasteiger partial charge in [-0.15, -0.1) is 11.8 Å². The molecule has 0 aliphatic carbocycles. The number of imide groups is 1. The van der Waals surface area contributed by atoms with E-state index in [1.165, 1.54) is 31.0 Å². The largest absolute Gasteiger partial charge is 0.322 e. The van der Waals surface area contributed by atoms with Crippen LogP contribution in [0.3, 0.4) is 0 Å². The first-order chi connectivity index (χ1) is 16.5. The Morgan fingerprint density at radius 3 is 2.65 bits per heavy atom. The van der Waals surface area contributed by atoms with Crippen molar-refractivity contribution in [2.75, 3.05) is 13.1 Å². The van der Waals surface area contributed by atoms with Crippen LogP contribution in [0.1, 0.15) is 59.2 Å². The highest BCUT2D eigenvalue weighted by Crippen LogP contribution is 2.36. The Hall–Kier alpha value is -2.71. The molecule has 3 heterocycles. The quantitative estimate of drug-likeness (QED) is 0.501. The summed E-state index contributed by atoms with van der Waals surface area (Å²) >= 11 is 1.50. The fraction of sp³-hybridized carbons (Fsp3) is 0.423. The molecule has 2 saturated heterocycles. The number of piperidine rings is 2. The fourth-order valence-corrected chi connectivity index (χ4v) is 6.10. The lowest BCUT2D eigenvalue weighted by atomic mass is 10.0. The summed E-state index contributed by atoms with van der Waals surface area (Å²) in [5.41, 5.74) is 3.08. The Bertz CT molecular complexity index is 1130. The third-order valence-corrected chi connectivity index (χ3v) is 8.04. The van der Waals surface area contributed by atoms with Crippen LogP contribution >= 0.6 is 11.8 Å². The summed E-state index contributed by atoms with van der Waals surface area (Å²) in [6.45, 7) is 3.26. The minimum atomic E-state index is -0.639. The molecule has 2 fully saturated rings. The van der Waals surface area contributed by atoms with Gasteiger partial charge in [-0.2, -0.15) is 0 Å².